The second-order valence-electron chi connectivity index (χ2n) is 8.23. The van der Waals surface area contributed by atoms with Gasteiger partial charge >= 0.3 is 6.03 Å². The molecule has 0 radical (unpaired) electrons. The Kier molecular flexibility index (Phi) is 4.39. The molecule has 3 aromatic carbocycles. The molecule has 2 amide bonds. The number of para-hydroxylation sites is 1. The molecule has 0 saturated carbocycles. The molecular weight excluding hydrogens is 346 g/mol. The normalized spacial score (nSPS) is 18.8. The van der Waals surface area contributed by atoms with Gasteiger partial charge in [0.15, 0.2) is 6.67 Å². The maximum absolute atomic E-state index is 13.3. The minimum atomic E-state index is 0.0902. The van der Waals surface area contributed by atoms with E-state index in [2.05, 4.69) is 73.3 Å². The standard InChI is InChI=1S/C24H28N3O/c1-17-9-8-10-18(2)23(17)26-15-21-20-12-7-6-11-19(20)13-14-22(21)27(5,16-26)24(28)25(3)4/h6-14H,15-16H2,1-5H3/q+1/t27-/m1/s1. The van der Waals surface area contributed by atoms with Gasteiger partial charge in [-0.25, -0.2) is 4.79 Å². The largest absolute Gasteiger partial charge is 0.425 e. The molecule has 0 saturated heterocycles. The van der Waals surface area contributed by atoms with Crippen molar-refractivity contribution < 1.29 is 4.79 Å². The lowest BCUT2D eigenvalue weighted by molar-refractivity contribution is 0.179. The molecule has 4 heteroatoms. The Labute approximate surface area is 167 Å². The van der Waals surface area contributed by atoms with Gasteiger partial charge in [-0.3, -0.25) is 4.90 Å². The van der Waals surface area contributed by atoms with Crippen LogP contribution in [0.5, 0.6) is 0 Å². The number of anilines is 1. The van der Waals surface area contributed by atoms with Crippen molar-refractivity contribution in [2.75, 3.05) is 32.7 Å². The Morgan fingerprint density at radius 1 is 0.964 bits per heavy atom. The van der Waals surface area contributed by atoms with Crippen LogP contribution in [-0.4, -0.2) is 38.7 Å². The molecule has 1 aliphatic heterocycles. The van der Waals surface area contributed by atoms with Crippen molar-refractivity contribution in [3.8, 4) is 0 Å². The monoisotopic (exact) mass is 374 g/mol. The first-order valence-electron chi connectivity index (χ1n) is 9.72. The minimum Gasteiger partial charge on any atom is -0.319 e. The van der Waals surface area contributed by atoms with Crippen LogP contribution in [0.3, 0.4) is 0 Å². The fourth-order valence-electron chi connectivity index (χ4n) is 4.67. The molecule has 144 valence electrons. The Morgan fingerprint density at radius 2 is 1.64 bits per heavy atom. The second-order valence-corrected chi connectivity index (χ2v) is 8.23. The summed E-state index contributed by atoms with van der Waals surface area (Å²) in [5.41, 5.74) is 6.06. The number of carbonyl (C=O) groups excluding carboxylic acids is 1. The number of hydrogen-bond acceptors (Lipinski definition) is 2. The van der Waals surface area contributed by atoms with Crippen molar-refractivity contribution in [3.05, 3.63) is 71.3 Å². The summed E-state index contributed by atoms with van der Waals surface area (Å²) >= 11 is 0. The molecule has 3 aromatic rings. The van der Waals surface area contributed by atoms with Gasteiger partial charge < -0.3 is 4.90 Å². The number of amides is 2. The number of benzene rings is 3. The molecule has 0 fully saturated rings. The third-order valence-electron chi connectivity index (χ3n) is 5.91. The number of rotatable bonds is 1. The van der Waals surface area contributed by atoms with E-state index in [1.165, 1.54) is 33.2 Å². The van der Waals surface area contributed by atoms with Crippen LogP contribution in [0, 0.1) is 13.8 Å². The zero-order valence-electron chi connectivity index (χ0n) is 17.4. The second kappa shape index (κ2) is 6.64. The summed E-state index contributed by atoms with van der Waals surface area (Å²) in [6.45, 7) is 5.73. The highest BCUT2D eigenvalue weighted by Crippen LogP contribution is 2.40. The van der Waals surface area contributed by atoms with Crippen molar-refractivity contribution in [1.29, 1.82) is 0 Å². The van der Waals surface area contributed by atoms with Gasteiger partial charge in [0.05, 0.1) is 13.6 Å². The van der Waals surface area contributed by atoms with E-state index in [4.69, 9.17) is 0 Å². The third kappa shape index (κ3) is 2.76. The van der Waals surface area contributed by atoms with Crippen LogP contribution in [-0.2, 0) is 6.54 Å². The number of quaternary nitrogens is 1. The van der Waals surface area contributed by atoms with Crippen molar-refractivity contribution in [3.63, 3.8) is 0 Å². The van der Waals surface area contributed by atoms with Gasteiger partial charge in [-0.15, -0.1) is 0 Å². The smallest absolute Gasteiger partial charge is 0.319 e. The van der Waals surface area contributed by atoms with Gasteiger partial charge in [0.25, 0.3) is 0 Å². The number of carbonyl (C=O) groups is 1. The van der Waals surface area contributed by atoms with Crippen LogP contribution in [0.4, 0.5) is 16.2 Å². The lowest BCUT2D eigenvalue weighted by Crippen LogP contribution is -2.62. The van der Waals surface area contributed by atoms with Gasteiger partial charge in [-0.05, 0) is 41.8 Å². The van der Waals surface area contributed by atoms with E-state index < -0.39 is 0 Å². The van der Waals surface area contributed by atoms with E-state index in [9.17, 15) is 4.79 Å². The van der Waals surface area contributed by atoms with Gasteiger partial charge in [-0.2, -0.15) is 4.48 Å². The Bertz CT molecular complexity index is 1050. The molecule has 0 aromatic heterocycles. The van der Waals surface area contributed by atoms with Crippen molar-refractivity contribution in [1.82, 2.24) is 9.38 Å². The van der Waals surface area contributed by atoms with E-state index in [0.717, 1.165) is 12.2 Å². The summed E-state index contributed by atoms with van der Waals surface area (Å²) in [6, 6.07) is 19.2. The molecule has 1 heterocycles. The molecule has 1 atom stereocenters. The molecule has 1 aliphatic rings. The van der Waals surface area contributed by atoms with Gasteiger partial charge in [-0.1, -0.05) is 42.5 Å². The third-order valence-corrected chi connectivity index (χ3v) is 5.91. The average Bonchev–Trinajstić information content (AvgIpc) is 2.67. The van der Waals surface area contributed by atoms with Gasteiger partial charge in [0.2, 0.25) is 0 Å². The SMILES string of the molecule is Cc1cccc(C)c1N1Cc2c(ccc3ccccc23)[N@+](C)(C(=O)N(C)C)C1. The molecule has 4 rings (SSSR count). The summed E-state index contributed by atoms with van der Waals surface area (Å²) < 4.78 is 0.237. The highest BCUT2D eigenvalue weighted by atomic mass is 16.2. The number of urea groups is 1. The van der Waals surface area contributed by atoms with E-state index in [-0.39, 0.29) is 10.5 Å². The number of fused-ring (bicyclic) bond motifs is 3. The van der Waals surface area contributed by atoms with Crippen LogP contribution in [0.1, 0.15) is 16.7 Å². The minimum absolute atomic E-state index is 0.0902. The van der Waals surface area contributed by atoms with E-state index in [0.29, 0.717) is 6.67 Å². The summed E-state index contributed by atoms with van der Waals surface area (Å²) in [5.74, 6) is 0. The molecule has 0 aliphatic carbocycles. The van der Waals surface area contributed by atoms with Crippen molar-refractivity contribution in [2.45, 2.75) is 20.4 Å². The fourth-order valence-corrected chi connectivity index (χ4v) is 4.67. The Morgan fingerprint density at radius 3 is 2.32 bits per heavy atom. The summed E-state index contributed by atoms with van der Waals surface area (Å²) in [5, 5.41) is 2.44. The lowest BCUT2D eigenvalue weighted by Gasteiger charge is -2.44. The first-order valence-corrected chi connectivity index (χ1v) is 9.72. The van der Waals surface area contributed by atoms with Crippen molar-refractivity contribution >= 4 is 28.2 Å². The molecule has 28 heavy (non-hydrogen) atoms. The van der Waals surface area contributed by atoms with Crippen LogP contribution >= 0.6 is 0 Å². The number of hydrogen-bond donors (Lipinski definition) is 0. The highest BCUT2D eigenvalue weighted by Gasteiger charge is 2.44. The molecular formula is C24H28N3O+. The maximum Gasteiger partial charge on any atom is 0.425 e. The topological polar surface area (TPSA) is 23.6 Å². The first kappa shape index (κ1) is 18.5. The Hall–Kier alpha value is -2.85. The first-order chi connectivity index (χ1) is 13.3. The van der Waals surface area contributed by atoms with Crippen LogP contribution < -0.4 is 9.38 Å². The van der Waals surface area contributed by atoms with Crippen LogP contribution in [0.25, 0.3) is 10.8 Å². The summed E-state index contributed by atoms with van der Waals surface area (Å²) in [4.78, 5) is 17.4. The number of nitrogens with zero attached hydrogens (tertiary/aromatic N) is 3. The fraction of sp³-hybridized carbons (Fsp3) is 0.292. The molecule has 0 N–H and O–H groups in total. The van der Waals surface area contributed by atoms with E-state index in [1.807, 2.05) is 21.1 Å². The van der Waals surface area contributed by atoms with Crippen molar-refractivity contribution in [2.24, 2.45) is 0 Å². The molecule has 4 nitrogen and oxygen atoms in total. The summed E-state index contributed by atoms with van der Waals surface area (Å²) in [7, 11) is 5.71. The number of aryl methyl sites for hydroxylation is 2. The van der Waals surface area contributed by atoms with E-state index in [1.54, 1.807) is 4.90 Å². The van der Waals surface area contributed by atoms with Crippen LogP contribution in [0.15, 0.2) is 54.6 Å². The predicted octanol–water partition coefficient (Wildman–Crippen LogP) is 5.05. The maximum atomic E-state index is 13.3. The van der Waals surface area contributed by atoms with Gasteiger partial charge in [0.1, 0.15) is 5.69 Å². The average molecular weight is 375 g/mol. The summed E-state index contributed by atoms with van der Waals surface area (Å²) in [6.07, 6.45) is 0. The predicted molar refractivity (Wildman–Crippen MR) is 118 cm³/mol. The molecule has 0 spiro atoms. The van der Waals surface area contributed by atoms with E-state index >= 15 is 0 Å². The van der Waals surface area contributed by atoms with Crippen LogP contribution in [0.2, 0.25) is 0 Å². The zero-order chi connectivity index (χ0) is 20.1. The molecule has 0 bridgehead atoms. The van der Waals surface area contributed by atoms with Gasteiger partial charge in [0, 0.05) is 31.4 Å². The Balaban J connectivity index is 1.97. The highest BCUT2D eigenvalue weighted by molar-refractivity contribution is 5.96. The zero-order valence-corrected chi connectivity index (χ0v) is 17.4. The quantitative estimate of drug-likeness (QED) is 0.556. The lowest BCUT2D eigenvalue weighted by atomic mass is 9.97. The molecule has 0 unspecified atom stereocenters.